The van der Waals surface area contributed by atoms with Crippen molar-refractivity contribution in [3.05, 3.63) is 77.9 Å². The van der Waals surface area contributed by atoms with E-state index in [1.807, 2.05) is 54.6 Å². The van der Waals surface area contributed by atoms with E-state index >= 15 is 4.79 Å². The van der Waals surface area contributed by atoms with Gasteiger partial charge in [0.25, 0.3) is 5.91 Å². The summed E-state index contributed by atoms with van der Waals surface area (Å²) in [5, 5.41) is 17.6. The standard InChI is InChI=1S/C42H54N4O7Si/c1-27-39(54(4,5)34-17-14-32(51-2)15-18-34)37(23-38(48)45-21-7-9-31(45)26-47)53-42(27)35-22-33(52-3)16-19-36(35)46(41(42)50)25-28-10-12-30(13-11-28)44-40(49)29-8-6-20-43-24-29/h10-19,22,27,29,31,37,39,43,47H,6-9,20-21,23-26H2,1-5H3,(H,44,49)/t27-,29?,31-,37+,39-,42+/m0/s1. The molecule has 54 heavy (non-hydrogen) atoms. The third-order valence-corrected chi connectivity index (χ3v) is 16.9. The number of ether oxygens (including phenoxy) is 3. The number of nitrogens with zero attached hydrogens (tertiary/aromatic N) is 2. The predicted octanol–water partition coefficient (Wildman–Crippen LogP) is 4.78. The summed E-state index contributed by atoms with van der Waals surface area (Å²) >= 11 is 0. The van der Waals surface area contributed by atoms with Crippen LogP contribution in [-0.2, 0) is 31.3 Å². The maximum atomic E-state index is 15.2. The SMILES string of the molecule is COc1ccc([Si](C)(C)[C@@H]2[C@@H](CC(=O)N3CCC[C@H]3CO)O[C@]3(C(=O)N(Cc4ccc(NC(=O)C5CCCNC5)cc4)c4ccc(OC)cc43)[C@H]2C)cc1. The molecule has 4 aliphatic rings. The van der Waals surface area contributed by atoms with Crippen molar-refractivity contribution in [1.82, 2.24) is 10.2 Å². The second-order valence-electron chi connectivity index (χ2n) is 15.9. The van der Waals surface area contributed by atoms with Gasteiger partial charge in [0.2, 0.25) is 11.8 Å². The summed E-state index contributed by atoms with van der Waals surface area (Å²) in [6, 6.07) is 21.4. The Hall–Kier alpha value is -4.23. The van der Waals surface area contributed by atoms with Gasteiger partial charge in [0.1, 0.15) is 11.5 Å². The van der Waals surface area contributed by atoms with E-state index in [4.69, 9.17) is 14.2 Å². The number of nitrogens with one attached hydrogen (secondary N) is 2. The van der Waals surface area contributed by atoms with Gasteiger partial charge < -0.3 is 39.8 Å². The van der Waals surface area contributed by atoms with E-state index in [1.54, 1.807) is 24.0 Å². The third-order valence-electron chi connectivity index (χ3n) is 12.6. The predicted molar refractivity (Wildman–Crippen MR) is 211 cm³/mol. The lowest BCUT2D eigenvalue weighted by atomic mass is 9.82. The van der Waals surface area contributed by atoms with Gasteiger partial charge >= 0.3 is 0 Å². The molecule has 0 saturated carbocycles. The van der Waals surface area contributed by atoms with Gasteiger partial charge in [-0.15, -0.1) is 0 Å². The normalized spacial score (nSPS) is 26.6. The molecule has 3 aromatic carbocycles. The Kier molecular flexibility index (Phi) is 10.9. The Balaban J connectivity index is 1.22. The van der Waals surface area contributed by atoms with Crippen molar-refractivity contribution < 1.29 is 33.7 Å². The number of carbonyl (C=O) groups excluding carboxylic acids is 3. The second kappa shape index (κ2) is 15.5. The first kappa shape index (κ1) is 38.1. The molecule has 7 rings (SSSR count). The minimum absolute atomic E-state index is 0.0159. The lowest BCUT2D eigenvalue weighted by Crippen LogP contribution is -2.52. The average molecular weight is 755 g/mol. The summed E-state index contributed by atoms with van der Waals surface area (Å²) in [6.45, 7) is 9.19. The summed E-state index contributed by atoms with van der Waals surface area (Å²) < 4.78 is 18.4. The van der Waals surface area contributed by atoms with Gasteiger partial charge in [-0.25, -0.2) is 0 Å². The molecular formula is C42H54N4O7Si. The first-order chi connectivity index (χ1) is 26.0. The number of hydrogen-bond acceptors (Lipinski definition) is 8. The van der Waals surface area contributed by atoms with Crippen LogP contribution in [0.3, 0.4) is 0 Å². The number of rotatable bonds is 11. The monoisotopic (exact) mass is 754 g/mol. The van der Waals surface area contributed by atoms with Crippen molar-refractivity contribution in [1.29, 1.82) is 0 Å². The fourth-order valence-corrected chi connectivity index (χ4v) is 13.6. The number of amides is 3. The van der Waals surface area contributed by atoms with Crippen LogP contribution in [0.2, 0.25) is 18.6 Å². The van der Waals surface area contributed by atoms with Gasteiger partial charge in [-0.05, 0) is 85.8 Å². The lowest BCUT2D eigenvalue weighted by molar-refractivity contribution is -0.150. The zero-order valence-electron chi connectivity index (χ0n) is 32.1. The van der Waals surface area contributed by atoms with Crippen LogP contribution in [0.5, 0.6) is 11.5 Å². The first-order valence-electron chi connectivity index (χ1n) is 19.4. The Morgan fingerprint density at radius 2 is 1.72 bits per heavy atom. The highest BCUT2D eigenvalue weighted by Gasteiger charge is 2.66. The van der Waals surface area contributed by atoms with Crippen LogP contribution < -0.4 is 30.2 Å². The minimum atomic E-state index is -2.48. The molecule has 0 aliphatic carbocycles. The van der Waals surface area contributed by atoms with Gasteiger partial charge in [-0.3, -0.25) is 14.4 Å². The van der Waals surface area contributed by atoms with Crippen molar-refractivity contribution >= 4 is 42.4 Å². The summed E-state index contributed by atoms with van der Waals surface area (Å²) in [7, 11) is 0.792. The number of likely N-dealkylation sites (tertiary alicyclic amines) is 1. The van der Waals surface area contributed by atoms with Crippen molar-refractivity contribution in [2.24, 2.45) is 11.8 Å². The number of aliphatic hydroxyl groups is 1. The molecule has 4 aliphatic heterocycles. The maximum Gasteiger partial charge on any atom is 0.264 e. The van der Waals surface area contributed by atoms with E-state index in [9.17, 15) is 14.7 Å². The van der Waals surface area contributed by atoms with Crippen LogP contribution in [0.15, 0.2) is 66.7 Å². The Labute approximate surface area is 319 Å². The summed E-state index contributed by atoms with van der Waals surface area (Å²) in [6.07, 6.45) is 3.06. The molecule has 1 spiro atoms. The average Bonchev–Trinajstić information content (AvgIpc) is 3.86. The van der Waals surface area contributed by atoms with Crippen LogP contribution in [0.4, 0.5) is 11.4 Å². The highest BCUT2D eigenvalue weighted by Crippen LogP contribution is 2.60. The molecule has 3 amide bonds. The molecule has 288 valence electrons. The topological polar surface area (TPSA) is 130 Å². The molecular weight excluding hydrogens is 701 g/mol. The molecule has 3 aromatic rings. The Morgan fingerprint density at radius 1 is 1.00 bits per heavy atom. The van der Waals surface area contributed by atoms with Gasteiger partial charge in [-0.1, -0.05) is 49.5 Å². The van der Waals surface area contributed by atoms with Gasteiger partial charge in [0, 0.05) is 30.3 Å². The van der Waals surface area contributed by atoms with Crippen molar-refractivity contribution in [3.8, 4) is 11.5 Å². The molecule has 3 saturated heterocycles. The number of carbonyl (C=O) groups is 3. The van der Waals surface area contributed by atoms with E-state index in [1.165, 1.54) is 5.19 Å². The van der Waals surface area contributed by atoms with Gasteiger partial charge in [-0.2, -0.15) is 0 Å². The zero-order chi connectivity index (χ0) is 38.2. The molecule has 6 atom stereocenters. The fourth-order valence-electron chi connectivity index (χ4n) is 9.62. The maximum absolute atomic E-state index is 15.2. The van der Waals surface area contributed by atoms with Crippen LogP contribution in [-0.4, -0.2) is 88.4 Å². The van der Waals surface area contributed by atoms with Gasteiger partial charge in [0.15, 0.2) is 5.60 Å². The van der Waals surface area contributed by atoms with Crippen LogP contribution in [0.25, 0.3) is 0 Å². The van der Waals surface area contributed by atoms with Crippen LogP contribution in [0.1, 0.15) is 50.2 Å². The third kappa shape index (κ3) is 6.82. The van der Waals surface area contributed by atoms with Crippen molar-refractivity contribution in [2.45, 2.75) is 82.0 Å². The van der Waals surface area contributed by atoms with Gasteiger partial charge in [0.05, 0.1) is 65.6 Å². The number of anilines is 2. The zero-order valence-corrected chi connectivity index (χ0v) is 33.1. The molecule has 0 radical (unpaired) electrons. The number of piperidine rings is 1. The van der Waals surface area contributed by atoms with E-state index in [-0.39, 0.29) is 54.2 Å². The van der Waals surface area contributed by atoms with E-state index in [0.29, 0.717) is 25.4 Å². The van der Waals surface area contributed by atoms with E-state index in [0.717, 1.165) is 60.5 Å². The molecule has 4 heterocycles. The second-order valence-corrected chi connectivity index (χ2v) is 20.6. The molecule has 0 bridgehead atoms. The van der Waals surface area contributed by atoms with E-state index in [2.05, 4.69) is 42.8 Å². The molecule has 11 nitrogen and oxygen atoms in total. The number of benzene rings is 3. The van der Waals surface area contributed by atoms with Crippen LogP contribution in [0, 0.1) is 11.8 Å². The molecule has 1 unspecified atom stereocenters. The summed E-state index contributed by atoms with van der Waals surface area (Å²) in [4.78, 5) is 45.8. The van der Waals surface area contributed by atoms with Crippen molar-refractivity contribution in [3.63, 3.8) is 0 Å². The smallest absolute Gasteiger partial charge is 0.264 e. The number of aliphatic hydroxyl groups excluding tert-OH is 1. The molecule has 0 aromatic heterocycles. The fraction of sp³-hybridized carbons (Fsp3) is 0.500. The lowest BCUT2D eigenvalue weighted by Gasteiger charge is -2.37. The summed E-state index contributed by atoms with van der Waals surface area (Å²) in [5.74, 6) is 0.859. The molecule has 3 fully saturated rings. The molecule has 12 heteroatoms. The highest BCUT2D eigenvalue weighted by atomic mass is 28.3. The molecule has 3 N–H and O–H groups in total. The summed E-state index contributed by atoms with van der Waals surface area (Å²) in [5.41, 5.74) is 1.67. The van der Waals surface area contributed by atoms with E-state index < -0.39 is 19.8 Å². The highest BCUT2D eigenvalue weighted by molar-refractivity contribution is 6.91. The minimum Gasteiger partial charge on any atom is -0.497 e. The Morgan fingerprint density at radius 3 is 2.39 bits per heavy atom. The largest absolute Gasteiger partial charge is 0.497 e. The van der Waals surface area contributed by atoms with Crippen LogP contribution >= 0.6 is 0 Å². The number of fused-ring (bicyclic) bond motifs is 2. The Bertz CT molecular complexity index is 1850. The number of methoxy groups -OCH3 is 2. The first-order valence-corrected chi connectivity index (χ1v) is 22.4. The quantitative estimate of drug-likeness (QED) is 0.239. The number of hydrogen-bond donors (Lipinski definition) is 3. The van der Waals surface area contributed by atoms with Crippen molar-refractivity contribution in [2.75, 3.05) is 50.7 Å².